The number of hydrogen-bond donors (Lipinski definition) is 0. The van der Waals surface area contributed by atoms with E-state index in [1.54, 1.807) is 0 Å². The van der Waals surface area contributed by atoms with Crippen molar-refractivity contribution < 1.29 is 4.79 Å². The highest BCUT2D eigenvalue weighted by molar-refractivity contribution is 8.18. The molecule has 2 aliphatic rings. The summed E-state index contributed by atoms with van der Waals surface area (Å²) in [5.41, 5.74) is 4.37. The number of carbonyl (C=O) groups excluding carboxylic acids is 1. The third-order valence-electron chi connectivity index (χ3n) is 5.39. The SMILES string of the molecule is Cc1ccc(N2CCN(C3=NC(=O)/C(=C\c4ccc(N(C)C)cc4)S3)CC2)cc1Cl. The molecule has 1 saturated heterocycles. The summed E-state index contributed by atoms with van der Waals surface area (Å²) in [6, 6.07) is 14.4. The number of amidine groups is 1. The molecule has 0 saturated carbocycles. The summed E-state index contributed by atoms with van der Waals surface area (Å²) in [5.74, 6) is -0.153. The molecule has 2 aromatic rings. The molecule has 4 rings (SSSR count). The molecule has 1 fully saturated rings. The summed E-state index contributed by atoms with van der Waals surface area (Å²) in [7, 11) is 4.02. The third-order valence-corrected chi connectivity index (χ3v) is 6.84. The molecule has 0 unspecified atom stereocenters. The van der Waals surface area contributed by atoms with Gasteiger partial charge in [0.25, 0.3) is 5.91 Å². The van der Waals surface area contributed by atoms with Crippen molar-refractivity contribution in [2.24, 2.45) is 4.99 Å². The normalized spacial score (nSPS) is 18.2. The van der Waals surface area contributed by atoms with Gasteiger partial charge in [-0.2, -0.15) is 4.99 Å². The predicted molar refractivity (Wildman–Crippen MR) is 129 cm³/mol. The smallest absolute Gasteiger partial charge is 0.286 e. The van der Waals surface area contributed by atoms with Gasteiger partial charge in [0.05, 0.1) is 4.91 Å². The van der Waals surface area contributed by atoms with E-state index in [9.17, 15) is 4.79 Å². The van der Waals surface area contributed by atoms with E-state index < -0.39 is 0 Å². The van der Waals surface area contributed by atoms with Crippen molar-refractivity contribution >= 4 is 51.9 Å². The molecular weight excluding hydrogens is 416 g/mol. The average Bonchev–Trinajstić information content (AvgIpc) is 3.11. The van der Waals surface area contributed by atoms with Crippen LogP contribution < -0.4 is 9.80 Å². The second-order valence-electron chi connectivity index (χ2n) is 7.70. The average molecular weight is 441 g/mol. The van der Waals surface area contributed by atoms with E-state index in [2.05, 4.69) is 44.0 Å². The van der Waals surface area contributed by atoms with E-state index in [4.69, 9.17) is 11.6 Å². The van der Waals surface area contributed by atoms with Crippen molar-refractivity contribution in [3.8, 4) is 0 Å². The van der Waals surface area contributed by atoms with Crippen LogP contribution in [-0.2, 0) is 4.79 Å². The maximum absolute atomic E-state index is 12.4. The second kappa shape index (κ2) is 8.74. The van der Waals surface area contributed by atoms with E-state index in [0.717, 1.165) is 58.9 Å². The van der Waals surface area contributed by atoms with Crippen LogP contribution in [0.15, 0.2) is 52.4 Å². The first-order valence-corrected chi connectivity index (χ1v) is 11.2. The first-order chi connectivity index (χ1) is 14.4. The number of aliphatic imine (C=N–C) groups is 1. The zero-order valence-electron chi connectivity index (χ0n) is 17.4. The first kappa shape index (κ1) is 20.8. The molecular formula is C23H25ClN4OS. The molecule has 30 heavy (non-hydrogen) atoms. The molecule has 156 valence electrons. The van der Waals surface area contributed by atoms with Crippen molar-refractivity contribution in [1.29, 1.82) is 0 Å². The van der Waals surface area contributed by atoms with Gasteiger partial charge in [0, 0.05) is 56.7 Å². The molecule has 0 aliphatic carbocycles. The van der Waals surface area contributed by atoms with Gasteiger partial charge in [-0.1, -0.05) is 29.8 Å². The lowest BCUT2D eigenvalue weighted by Gasteiger charge is -2.36. The standard InChI is InChI=1S/C23H25ClN4OS/c1-16-4-7-19(15-20(16)24)27-10-12-28(13-11-27)23-25-22(29)21(30-23)14-17-5-8-18(9-6-17)26(2)3/h4-9,14-15H,10-13H2,1-3H3/b21-14+. The Morgan fingerprint density at radius 1 is 1.03 bits per heavy atom. The Kier molecular flexibility index (Phi) is 6.06. The zero-order valence-corrected chi connectivity index (χ0v) is 19.0. The predicted octanol–water partition coefficient (Wildman–Crippen LogP) is 4.51. The van der Waals surface area contributed by atoms with Crippen molar-refractivity contribution in [3.63, 3.8) is 0 Å². The Morgan fingerprint density at radius 3 is 2.33 bits per heavy atom. The minimum absolute atomic E-state index is 0.153. The van der Waals surface area contributed by atoms with Crippen molar-refractivity contribution in [2.45, 2.75) is 6.92 Å². The Hall–Kier alpha value is -2.44. The summed E-state index contributed by atoms with van der Waals surface area (Å²) in [6.45, 7) is 5.42. The molecule has 0 bridgehead atoms. The van der Waals surface area contributed by atoms with Crippen LogP contribution in [-0.4, -0.2) is 56.2 Å². The van der Waals surface area contributed by atoms with Gasteiger partial charge in [-0.3, -0.25) is 4.79 Å². The Morgan fingerprint density at radius 2 is 1.70 bits per heavy atom. The fourth-order valence-corrected chi connectivity index (χ4v) is 4.63. The van der Waals surface area contributed by atoms with Gasteiger partial charge in [-0.15, -0.1) is 0 Å². The maximum atomic E-state index is 12.4. The van der Waals surface area contributed by atoms with Crippen LogP contribution in [0, 0.1) is 6.92 Å². The van der Waals surface area contributed by atoms with Gasteiger partial charge in [0.1, 0.15) is 0 Å². The van der Waals surface area contributed by atoms with Gasteiger partial charge in [-0.25, -0.2) is 0 Å². The number of benzene rings is 2. The van der Waals surface area contributed by atoms with E-state index in [0.29, 0.717) is 4.91 Å². The molecule has 0 spiro atoms. The monoisotopic (exact) mass is 440 g/mol. The number of nitrogens with zero attached hydrogens (tertiary/aromatic N) is 4. The Labute approximate surface area is 187 Å². The summed E-state index contributed by atoms with van der Waals surface area (Å²) in [6.07, 6.45) is 1.92. The van der Waals surface area contributed by atoms with Crippen LogP contribution in [0.3, 0.4) is 0 Å². The van der Waals surface area contributed by atoms with Crippen LogP contribution in [0.1, 0.15) is 11.1 Å². The fraction of sp³-hybridized carbons (Fsp3) is 0.304. The molecule has 2 aromatic carbocycles. The van der Waals surface area contributed by atoms with Crippen LogP contribution in [0.4, 0.5) is 11.4 Å². The number of rotatable bonds is 3. The molecule has 0 N–H and O–H groups in total. The number of piperazine rings is 1. The van der Waals surface area contributed by atoms with Crippen molar-refractivity contribution in [2.75, 3.05) is 50.1 Å². The van der Waals surface area contributed by atoms with Crippen LogP contribution in [0.5, 0.6) is 0 Å². The quantitative estimate of drug-likeness (QED) is 0.657. The Bertz CT molecular complexity index is 1010. The maximum Gasteiger partial charge on any atom is 0.286 e. The molecule has 0 aromatic heterocycles. The number of anilines is 2. The Balaban J connectivity index is 1.38. The van der Waals surface area contributed by atoms with Crippen LogP contribution >= 0.6 is 23.4 Å². The summed E-state index contributed by atoms with van der Waals surface area (Å²) in [5, 5.41) is 1.60. The number of thioether (sulfide) groups is 1. The lowest BCUT2D eigenvalue weighted by molar-refractivity contribution is -0.113. The van der Waals surface area contributed by atoms with Gasteiger partial charge in [0.15, 0.2) is 5.17 Å². The van der Waals surface area contributed by atoms with Crippen LogP contribution in [0.2, 0.25) is 5.02 Å². The van der Waals surface area contributed by atoms with Crippen molar-refractivity contribution in [1.82, 2.24) is 4.90 Å². The molecule has 0 radical (unpaired) electrons. The molecule has 5 nitrogen and oxygen atoms in total. The summed E-state index contributed by atoms with van der Waals surface area (Å²) in [4.78, 5) is 24.0. The van der Waals surface area contributed by atoms with E-state index in [-0.39, 0.29) is 5.91 Å². The van der Waals surface area contributed by atoms with Gasteiger partial charge in [0.2, 0.25) is 0 Å². The molecule has 2 heterocycles. The molecule has 2 aliphatic heterocycles. The summed E-state index contributed by atoms with van der Waals surface area (Å²) >= 11 is 7.75. The van der Waals surface area contributed by atoms with Gasteiger partial charge in [-0.05, 0) is 60.2 Å². The fourth-order valence-electron chi connectivity index (χ4n) is 3.49. The largest absolute Gasteiger partial charge is 0.378 e. The minimum atomic E-state index is -0.153. The van der Waals surface area contributed by atoms with E-state index in [1.165, 1.54) is 11.8 Å². The van der Waals surface area contributed by atoms with E-state index >= 15 is 0 Å². The van der Waals surface area contributed by atoms with E-state index in [1.807, 2.05) is 45.3 Å². The minimum Gasteiger partial charge on any atom is -0.378 e. The zero-order chi connectivity index (χ0) is 21.3. The molecule has 7 heteroatoms. The number of amides is 1. The lowest BCUT2D eigenvalue weighted by atomic mass is 10.2. The highest BCUT2D eigenvalue weighted by Gasteiger charge is 2.28. The summed E-state index contributed by atoms with van der Waals surface area (Å²) < 4.78 is 0. The molecule has 0 atom stereocenters. The number of aryl methyl sites for hydroxylation is 1. The van der Waals surface area contributed by atoms with Crippen molar-refractivity contribution in [3.05, 3.63) is 63.5 Å². The first-order valence-electron chi connectivity index (χ1n) is 9.97. The third kappa shape index (κ3) is 4.50. The number of halogens is 1. The van der Waals surface area contributed by atoms with Gasteiger partial charge < -0.3 is 14.7 Å². The lowest BCUT2D eigenvalue weighted by Crippen LogP contribution is -2.47. The topological polar surface area (TPSA) is 39.1 Å². The second-order valence-corrected chi connectivity index (χ2v) is 9.12. The van der Waals surface area contributed by atoms with Crippen LogP contribution in [0.25, 0.3) is 6.08 Å². The number of hydrogen-bond acceptors (Lipinski definition) is 5. The molecule has 1 amide bonds. The van der Waals surface area contributed by atoms with Gasteiger partial charge >= 0.3 is 0 Å². The number of carbonyl (C=O) groups is 1. The highest BCUT2D eigenvalue weighted by atomic mass is 35.5. The highest BCUT2D eigenvalue weighted by Crippen LogP contribution is 2.32.